The highest BCUT2D eigenvalue weighted by Gasteiger charge is 2.11. The minimum atomic E-state index is 0. The first-order valence-corrected chi connectivity index (χ1v) is 8.19. The maximum absolute atomic E-state index is 12.1. The Bertz CT molecular complexity index is 610. The Labute approximate surface area is 145 Å². The van der Waals surface area contributed by atoms with Gasteiger partial charge in [-0.2, -0.15) is 0 Å². The summed E-state index contributed by atoms with van der Waals surface area (Å²) in [5, 5.41) is 5.54. The second-order valence-electron chi connectivity index (χ2n) is 5.81. The molecule has 3 N–H and O–H groups in total. The zero-order valence-electron chi connectivity index (χ0n) is 13.8. The van der Waals surface area contributed by atoms with E-state index in [4.69, 9.17) is 5.73 Å². The van der Waals surface area contributed by atoms with Gasteiger partial charge in [0.1, 0.15) is 0 Å². The first-order valence-electron chi connectivity index (χ1n) is 8.19. The van der Waals surface area contributed by atoms with Crippen LogP contribution in [0, 0.1) is 0 Å². The van der Waals surface area contributed by atoms with Crippen LogP contribution in [0.5, 0.6) is 0 Å². The van der Waals surface area contributed by atoms with Crippen molar-refractivity contribution >= 4 is 29.1 Å². The summed E-state index contributed by atoms with van der Waals surface area (Å²) in [5.74, 6) is 0.133. The highest BCUT2D eigenvalue weighted by molar-refractivity contribution is 5.87. The molecule has 126 valence electrons. The molecule has 2 aromatic rings. The summed E-state index contributed by atoms with van der Waals surface area (Å²) in [7, 11) is 0. The summed E-state index contributed by atoms with van der Waals surface area (Å²) in [6.07, 6.45) is 4.78. The molecule has 1 unspecified atom stereocenters. The van der Waals surface area contributed by atoms with E-state index in [-0.39, 0.29) is 24.4 Å². The Morgan fingerprint density at radius 1 is 1.04 bits per heavy atom. The molecule has 2 aromatic carbocycles. The van der Waals surface area contributed by atoms with E-state index in [9.17, 15) is 4.79 Å². The molecule has 1 atom stereocenters. The van der Waals surface area contributed by atoms with E-state index < -0.39 is 0 Å². The molecular formula is C19H27ClN2O. The van der Waals surface area contributed by atoms with Crippen LogP contribution >= 0.6 is 12.4 Å². The van der Waals surface area contributed by atoms with Crippen molar-refractivity contribution in [3.8, 4) is 0 Å². The Balaban J connectivity index is 0.00000264. The number of rotatable bonds is 8. The molecule has 0 radical (unpaired) electrons. The largest absolute Gasteiger partial charge is 0.350 e. The zero-order valence-corrected chi connectivity index (χ0v) is 14.6. The molecule has 0 aliphatic rings. The predicted octanol–water partition coefficient (Wildman–Crippen LogP) is 4.35. The zero-order chi connectivity index (χ0) is 15.8. The summed E-state index contributed by atoms with van der Waals surface area (Å²) in [5.41, 5.74) is 6.64. The summed E-state index contributed by atoms with van der Waals surface area (Å²) in [6.45, 7) is 2.79. The minimum absolute atomic E-state index is 0. The normalized spacial score (nSPS) is 11.7. The molecule has 0 aliphatic carbocycles. The molecule has 0 saturated heterocycles. The Kier molecular flexibility index (Phi) is 8.67. The van der Waals surface area contributed by atoms with Crippen molar-refractivity contribution in [3.63, 3.8) is 0 Å². The lowest BCUT2D eigenvalue weighted by molar-refractivity contribution is -0.121. The van der Waals surface area contributed by atoms with Crippen LogP contribution in [0.3, 0.4) is 0 Å². The third-order valence-corrected chi connectivity index (χ3v) is 4.03. The maximum Gasteiger partial charge on any atom is 0.220 e. The predicted molar refractivity (Wildman–Crippen MR) is 99.9 cm³/mol. The molecule has 0 aromatic heterocycles. The second-order valence-corrected chi connectivity index (χ2v) is 5.81. The quantitative estimate of drug-likeness (QED) is 0.705. The van der Waals surface area contributed by atoms with Gasteiger partial charge in [-0.25, -0.2) is 0 Å². The van der Waals surface area contributed by atoms with Crippen molar-refractivity contribution in [2.24, 2.45) is 5.73 Å². The number of benzene rings is 2. The number of amides is 1. The number of unbranched alkanes of at least 4 members (excludes halogenated alkanes) is 3. The highest BCUT2D eigenvalue weighted by atomic mass is 35.5. The van der Waals surface area contributed by atoms with Gasteiger partial charge in [0, 0.05) is 6.42 Å². The molecule has 23 heavy (non-hydrogen) atoms. The highest BCUT2D eigenvalue weighted by Crippen LogP contribution is 2.24. The third-order valence-electron chi connectivity index (χ3n) is 4.03. The second kappa shape index (κ2) is 10.2. The van der Waals surface area contributed by atoms with Crippen molar-refractivity contribution < 1.29 is 4.79 Å². The van der Waals surface area contributed by atoms with Crippen LogP contribution in [0.15, 0.2) is 42.5 Å². The Morgan fingerprint density at radius 2 is 1.74 bits per heavy atom. The summed E-state index contributed by atoms with van der Waals surface area (Å²) >= 11 is 0. The van der Waals surface area contributed by atoms with E-state index in [1.54, 1.807) is 0 Å². The smallest absolute Gasteiger partial charge is 0.220 e. The van der Waals surface area contributed by atoms with Gasteiger partial charge in [-0.1, -0.05) is 55.3 Å². The van der Waals surface area contributed by atoms with E-state index in [0.29, 0.717) is 6.42 Å². The molecule has 0 aliphatic heterocycles. The summed E-state index contributed by atoms with van der Waals surface area (Å²) in [6, 6.07) is 14.6. The third kappa shape index (κ3) is 5.85. The van der Waals surface area contributed by atoms with Gasteiger partial charge in [0.15, 0.2) is 0 Å². The van der Waals surface area contributed by atoms with Gasteiger partial charge in [0.05, 0.1) is 6.04 Å². The van der Waals surface area contributed by atoms with Gasteiger partial charge in [-0.05, 0) is 42.6 Å². The van der Waals surface area contributed by atoms with Crippen LogP contribution in [-0.4, -0.2) is 12.5 Å². The number of carbonyl (C=O) groups is 1. The number of hydrogen-bond donors (Lipinski definition) is 2. The lowest BCUT2D eigenvalue weighted by Gasteiger charge is -2.16. The van der Waals surface area contributed by atoms with Crippen LogP contribution in [0.25, 0.3) is 10.8 Å². The first-order chi connectivity index (χ1) is 10.7. The van der Waals surface area contributed by atoms with E-state index in [2.05, 4.69) is 29.6 Å². The Hall–Kier alpha value is -1.58. The molecule has 0 fully saturated rings. The van der Waals surface area contributed by atoms with Crippen molar-refractivity contribution in [2.75, 3.05) is 6.54 Å². The Morgan fingerprint density at radius 3 is 2.52 bits per heavy atom. The van der Waals surface area contributed by atoms with Crippen molar-refractivity contribution in [2.45, 2.75) is 45.1 Å². The fraction of sp³-hybridized carbons (Fsp3) is 0.421. The molecule has 0 spiro atoms. The van der Waals surface area contributed by atoms with Crippen LogP contribution in [0.2, 0.25) is 0 Å². The van der Waals surface area contributed by atoms with E-state index >= 15 is 0 Å². The van der Waals surface area contributed by atoms with Gasteiger partial charge in [0.25, 0.3) is 0 Å². The topological polar surface area (TPSA) is 55.1 Å². The number of nitrogens with two attached hydrogens (primary N) is 1. The molecular weight excluding hydrogens is 308 g/mol. The van der Waals surface area contributed by atoms with Crippen molar-refractivity contribution in [3.05, 3.63) is 48.0 Å². The molecule has 0 heterocycles. The van der Waals surface area contributed by atoms with Gasteiger partial charge in [0.2, 0.25) is 5.91 Å². The number of fused-ring (bicyclic) bond motifs is 1. The molecule has 3 nitrogen and oxygen atoms in total. The fourth-order valence-electron chi connectivity index (χ4n) is 2.80. The SMILES string of the molecule is CC(NC(=O)CCCCCCN)c1cccc2ccccc12.Cl. The van der Waals surface area contributed by atoms with Crippen LogP contribution in [-0.2, 0) is 4.79 Å². The van der Waals surface area contributed by atoms with Crippen molar-refractivity contribution in [1.82, 2.24) is 5.32 Å². The van der Waals surface area contributed by atoms with Gasteiger partial charge >= 0.3 is 0 Å². The van der Waals surface area contributed by atoms with E-state index in [1.807, 2.05) is 25.1 Å². The molecule has 2 rings (SSSR count). The summed E-state index contributed by atoms with van der Waals surface area (Å²) < 4.78 is 0. The van der Waals surface area contributed by atoms with Crippen molar-refractivity contribution in [1.29, 1.82) is 0 Å². The van der Waals surface area contributed by atoms with Gasteiger partial charge in [-0.15, -0.1) is 12.4 Å². The first kappa shape index (κ1) is 19.5. The lowest BCUT2D eigenvalue weighted by atomic mass is 9.99. The van der Waals surface area contributed by atoms with E-state index in [0.717, 1.165) is 32.2 Å². The lowest BCUT2D eigenvalue weighted by Crippen LogP contribution is -2.26. The monoisotopic (exact) mass is 334 g/mol. The van der Waals surface area contributed by atoms with Crippen LogP contribution in [0.1, 0.15) is 50.6 Å². The minimum Gasteiger partial charge on any atom is -0.350 e. The molecule has 0 bridgehead atoms. The number of nitrogens with one attached hydrogen (secondary N) is 1. The maximum atomic E-state index is 12.1. The average Bonchev–Trinajstić information content (AvgIpc) is 2.54. The number of hydrogen-bond acceptors (Lipinski definition) is 2. The number of halogens is 1. The van der Waals surface area contributed by atoms with E-state index in [1.165, 1.54) is 16.3 Å². The average molecular weight is 335 g/mol. The molecule has 0 saturated carbocycles. The van der Waals surface area contributed by atoms with Gasteiger partial charge in [-0.3, -0.25) is 4.79 Å². The van der Waals surface area contributed by atoms with Crippen LogP contribution < -0.4 is 11.1 Å². The standard InChI is InChI=1S/C19H26N2O.ClH/c1-15(21-19(22)13-4-2-3-7-14-20)17-12-8-10-16-9-5-6-11-18(16)17;/h5-6,8-12,15H,2-4,7,13-14,20H2,1H3,(H,21,22);1H. The van der Waals surface area contributed by atoms with Crippen LogP contribution in [0.4, 0.5) is 0 Å². The fourth-order valence-corrected chi connectivity index (χ4v) is 2.80. The molecule has 1 amide bonds. The molecule has 4 heteroatoms. The van der Waals surface area contributed by atoms with Gasteiger partial charge < -0.3 is 11.1 Å². The number of carbonyl (C=O) groups excluding carboxylic acids is 1. The summed E-state index contributed by atoms with van der Waals surface area (Å²) in [4.78, 5) is 12.1.